The molecule has 1 aromatic rings. The van der Waals surface area contributed by atoms with Crippen LogP contribution >= 0.6 is 0 Å². The molecule has 1 aromatic carbocycles. The Kier molecular flexibility index (Phi) is 5.08. The zero-order valence-corrected chi connectivity index (χ0v) is 12.7. The number of amides is 2. The Balaban J connectivity index is 2.71. The summed E-state index contributed by atoms with van der Waals surface area (Å²) in [5.74, 6) is -0.169. The minimum Gasteiger partial charge on any atom is -0.348 e. The first-order valence-electron chi connectivity index (χ1n) is 6.51. The summed E-state index contributed by atoms with van der Waals surface area (Å²) in [6.07, 6.45) is 3.22. The highest BCUT2D eigenvalue weighted by Gasteiger charge is 2.11. The molecular weight excluding hydrogens is 252 g/mol. The smallest absolute Gasteiger partial charge is 0.253 e. The minimum atomic E-state index is -0.247. The number of nitrogens with zero attached hydrogens (tertiary/aromatic N) is 1. The Bertz CT molecular complexity index is 508. The molecule has 0 aliphatic heterocycles. The van der Waals surface area contributed by atoms with Crippen LogP contribution in [0.3, 0.4) is 0 Å². The van der Waals surface area contributed by atoms with Gasteiger partial charge in [0.25, 0.3) is 5.91 Å². The summed E-state index contributed by atoms with van der Waals surface area (Å²) in [5, 5.41) is 2.85. The van der Waals surface area contributed by atoms with Crippen LogP contribution < -0.4 is 5.32 Å². The van der Waals surface area contributed by atoms with E-state index in [0.29, 0.717) is 5.56 Å². The van der Waals surface area contributed by atoms with Crippen LogP contribution in [0, 0.1) is 0 Å². The molecule has 0 atom stereocenters. The van der Waals surface area contributed by atoms with Gasteiger partial charge >= 0.3 is 0 Å². The zero-order chi connectivity index (χ0) is 15.3. The highest BCUT2D eigenvalue weighted by molar-refractivity contribution is 5.94. The fourth-order valence-corrected chi connectivity index (χ4v) is 1.58. The first-order chi connectivity index (χ1) is 9.19. The van der Waals surface area contributed by atoms with Crippen molar-refractivity contribution >= 4 is 17.9 Å². The molecule has 1 N–H and O–H groups in total. The van der Waals surface area contributed by atoms with Gasteiger partial charge in [-0.05, 0) is 44.5 Å². The Hall–Kier alpha value is -2.10. The lowest BCUT2D eigenvalue weighted by Gasteiger charge is -2.18. The van der Waals surface area contributed by atoms with E-state index in [1.165, 1.54) is 11.0 Å². The Labute approximate surface area is 120 Å². The first kappa shape index (κ1) is 16.0. The maximum absolute atomic E-state index is 11.7. The van der Waals surface area contributed by atoms with Crippen LogP contribution in [0.2, 0.25) is 0 Å². The van der Waals surface area contributed by atoms with Gasteiger partial charge in [-0.25, -0.2) is 0 Å². The lowest BCUT2D eigenvalue weighted by molar-refractivity contribution is -0.117. The van der Waals surface area contributed by atoms with Gasteiger partial charge in [0.15, 0.2) is 0 Å². The molecule has 1 rings (SSSR count). The van der Waals surface area contributed by atoms with Gasteiger partial charge in [-0.15, -0.1) is 0 Å². The van der Waals surface area contributed by atoms with E-state index in [1.807, 2.05) is 32.9 Å². The lowest BCUT2D eigenvalue weighted by Crippen LogP contribution is -2.39. The SMILES string of the molecule is CN(C)C(=O)c1ccc(/C=C/C(=O)NC(C)(C)C)cc1. The van der Waals surface area contributed by atoms with E-state index in [2.05, 4.69) is 5.32 Å². The Morgan fingerprint density at radius 3 is 2.10 bits per heavy atom. The average molecular weight is 274 g/mol. The molecular formula is C16H22N2O2. The molecule has 108 valence electrons. The molecule has 20 heavy (non-hydrogen) atoms. The number of hydrogen-bond donors (Lipinski definition) is 1. The van der Waals surface area contributed by atoms with Crippen molar-refractivity contribution < 1.29 is 9.59 Å². The normalized spacial score (nSPS) is 11.4. The van der Waals surface area contributed by atoms with Crippen molar-refractivity contribution in [1.29, 1.82) is 0 Å². The van der Waals surface area contributed by atoms with Crippen LogP contribution in [0.25, 0.3) is 6.08 Å². The summed E-state index contributed by atoms with van der Waals surface area (Å²) in [6.45, 7) is 5.79. The van der Waals surface area contributed by atoms with Crippen molar-refractivity contribution in [3.05, 3.63) is 41.5 Å². The van der Waals surface area contributed by atoms with Gasteiger partial charge in [-0.3, -0.25) is 9.59 Å². The van der Waals surface area contributed by atoms with Gasteiger partial charge in [-0.1, -0.05) is 12.1 Å². The molecule has 0 aromatic heterocycles. The molecule has 0 unspecified atom stereocenters. The zero-order valence-electron chi connectivity index (χ0n) is 12.7. The van der Waals surface area contributed by atoms with Crippen LogP contribution in [-0.2, 0) is 4.79 Å². The number of hydrogen-bond acceptors (Lipinski definition) is 2. The van der Waals surface area contributed by atoms with Crippen LogP contribution in [0.4, 0.5) is 0 Å². The van der Waals surface area contributed by atoms with Crippen LogP contribution in [0.15, 0.2) is 30.3 Å². The monoisotopic (exact) mass is 274 g/mol. The largest absolute Gasteiger partial charge is 0.348 e. The maximum Gasteiger partial charge on any atom is 0.253 e. The van der Waals surface area contributed by atoms with E-state index in [1.54, 1.807) is 32.3 Å². The maximum atomic E-state index is 11.7. The molecule has 0 heterocycles. The fraction of sp³-hybridized carbons (Fsp3) is 0.375. The quantitative estimate of drug-likeness (QED) is 0.860. The van der Waals surface area contributed by atoms with Gasteiger partial charge in [0.1, 0.15) is 0 Å². The Morgan fingerprint density at radius 2 is 1.65 bits per heavy atom. The molecule has 0 bridgehead atoms. The number of nitrogens with one attached hydrogen (secondary N) is 1. The molecule has 0 spiro atoms. The van der Waals surface area contributed by atoms with E-state index < -0.39 is 0 Å². The van der Waals surface area contributed by atoms with Crippen LogP contribution in [0.5, 0.6) is 0 Å². The van der Waals surface area contributed by atoms with Gasteiger partial charge < -0.3 is 10.2 Å². The number of carbonyl (C=O) groups excluding carboxylic acids is 2. The number of carbonyl (C=O) groups is 2. The van der Waals surface area contributed by atoms with Gasteiger partial charge in [0, 0.05) is 31.3 Å². The summed E-state index contributed by atoms with van der Waals surface area (Å²) >= 11 is 0. The average Bonchev–Trinajstić information content (AvgIpc) is 2.34. The van der Waals surface area contributed by atoms with Gasteiger partial charge in [0.05, 0.1) is 0 Å². The molecule has 0 aliphatic rings. The molecule has 0 radical (unpaired) electrons. The van der Waals surface area contributed by atoms with Gasteiger partial charge in [0.2, 0.25) is 5.91 Å². The second kappa shape index (κ2) is 6.37. The topological polar surface area (TPSA) is 49.4 Å². The lowest BCUT2D eigenvalue weighted by atomic mass is 10.1. The summed E-state index contributed by atoms with van der Waals surface area (Å²) in [7, 11) is 3.43. The summed E-state index contributed by atoms with van der Waals surface area (Å²) < 4.78 is 0. The van der Waals surface area contributed by atoms with E-state index in [-0.39, 0.29) is 17.4 Å². The molecule has 4 heteroatoms. The molecule has 4 nitrogen and oxygen atoms in total. The van der Waals surface area contributed by atoms with Gasteiger partial charge in [-0.2, -0.15) is 0 Å². The molecule has 0 saturated heterocycles. The van der Waals surface area contributed by atoms with Crippen molar-refractivity contribution in [2.45, 2.75) is 26.3 Å². The predicted octanol–water partition coefficient (Wildman–Crippen LogP) is 2.32. The van der Waals surface area contributed by atoms with Crippen molar-refractivity contribution in [2.75, 3.05) is 14.1 Å². The third-order valence-corrected chi connectivity index (χ3v) is 2.49. The third kappa shape index (κ3) is 5.26. The minimum absolute atomic E-state index is 0.0361. The van der Waals surface area contributed by atoms with E-state index >= 15 is 0 Å². The summed E-state index contributed by atoms with van der Waals surface area (Å²) in [4.78, 5) is 24.9. The molecule has 2 amide bonds. The van der Waals surface area contributed by atoms with Crippen molar-refractivity contribution in [2.24, 2.45) is 0 Å². The number of benzene rings is 1. The van der Waals surface area contributed by atoms with Crippen LogP contribution in [0.1, 0.15) is 36.7 Å². The fourth-order valence-electron chi connectivity index (χ4n) is 1.58. The second-order valence-corrected chi connectivity index (χ2v) is 5.89. The second-order valence-electron chi connectivity index (χ2n) is 5.89. The van der Waals surface area contributed by atoms with Crippen molar-refractivity contribution in [1.82, 2.24) is 10.2 Å². The summed E-state index contributed by atoms with van der Waals surface area (Å²) in [5.41, 5.74) is 1.26. The van der Waals surface area contributed by atoms with E-state index in [0.717, 1.165) is 5.56 Å². The van der Waals surface area contributed by atoms with E-state index in [4.69, 9.17) is 0 Å². The van der Waals surface area contributed by atoms with Crippen molar-refractivity contribution in [3.8, 4) is 0 Å². The van der Waals surface area contributed by atoms with E-state index in [9.17, 15) is 9.59 Å². The highest BCUT2D eigenvalue weighted by Crippen LogP contribution is 2.08. The summed E-state index contributed by atoms with van der Waals surface area (Å²) in [6, 6.07) is 7.14. The predicted molar refractivity (Wildman–Crippen MR) is 81.4 cm³/mol. The third-order valence-electron chi connectivity index (χ3n) is 2.49. The molecule has 0 aliphatic carbocycles. The van der Waals surface area contributed by atoms with Crippen molar-refractivity contribution in [3.63, 3.8) is 0 Å². The molecule has 0 saturated carbocycles. The Morgan fingerprint density at radius 1 is 1.10 bits per heavy atom. The molecule has 0 fully saturated rings. The standard InChI is InChI=1S/C16H22N2O2/c1-16(2,3)17-14(19)11-8-12-6-9-13(10-7-12)15(20)18(4)5/h6-11H,1-5H3,(H,17,19)/b11-8+. The number of rotatable bonds is 3. The highest BCUT2D eigenvalue weighted by atomic mass is 16.2. The van der Waals surface area contributed by atoms with Crippen LogP contribution in [-0.4, -0.2) is 36.3 Å². The first-order valence-corrected chi connectivity index (χ1v) is 6.51.